The van der Waals surface area contributed by atoms with Crippen LogP contribution in [0, 0.1) is 0 Å². The summed E-state index contributed by atoms with van der Waals surface area (Å²) < 4.78 is 1.02. The molecule has 1 aromatic carbocycles. The summed E-state index contributed by atoms with van der Waals surface area (Å²) >= 11 is 3.42. The molecule has 0 aliphatic carbocycles. The Balaban J connectivity index is 1.54. The van der Waals surface area contributed by atoms with Crippen molar-refractivity contribution in [3.8, 4) is 0 Å². The number of carbonyl (C=O) groups excluding carboxylic acids is 1. The molecule has 2 fully saturated rings. The van der Waals surface area contributed by atoms with Crippen LogP contribution < -0.4 is 0 Å². The number of likely N-dealkylation sites (tertiary alicyclic amines) is 2. The fourth-order valence-electron chi connectivity index (χ4n) is 3.67. The highest BCUT2D eigenvalue weighted by molar-refractivity contribution is 9.10. The Bertz CT molecular complexity index is 486. The van der Waals surface area contributed by atoms with Gasteiger partial charge < -0.3 is 9.80 Å². The van der Waals surface area contributed by atoms with Gasteiger partial charge in [0.2, 0.25) is 0 Å². The molecule has 1 amide bonds. The monoisotopic (exact) mass is 364 g/mol. The van der Waals surface area contributed by atoms with Crippen LogP contribution in [0.5, 0.6) is 0 Å². The first-order valence-corrected chi connectivity index (χ1v) is 9.32. The Labute approximate surface area is 141 Å². The highest BCUT2D eigenvalue weighted by atomic mass is 79.9. The fourth-order valence-corrected chi connectivity index (χ4v) is 3.93. The molecule has 2 aliphatic heterocycles. The maximum atomic E-state index is 12.5. The summed E-state index contributed by atoms with van der Waals surface area (Å²) in [5.41, 5.74) is 0.802. The predicted molar refractivity (Wildman–Crippen MR) is 93.1 cm³/mol. The minimum atomic E-state index is 0.182. The molecule has 3 rings (SSSR count). The zero-order valence-corrected chi connectivity index (χ0v) is 14.7. The Hall–Kier alpha value is -0.870. The van der Waals surface area contributed by atoms with E-state index in [9.17, 15) is 4.79 Å². The smallest absolute Gasteiger partial charge is 0.253 e. The van der Waals surface area contributed by atoms with Gasteiger partial charge in [-0.2, -0.15) is 0 Å². The van der Waals surface area contributed by atoms with Crippen molar-refractivity contribution in [2.45, 2.75) is 44.6 Å². The maximum absolute atomic E-state index is 12.5. The van der Waals surface area contributed by atoms with Gasteiger partial charge in [-0.15, -0.1) is 0 Å². The number of rotatable bonds is 2. The summed E-state index contributed by atoms with van der Waals surface area (Å²) in [7, 11) is 0. The van der Waals surface area contributed by atoms with E-state index < -0.39 is 0 Å². The van der Waals surface area contributed by atoms with Gasteiger partial charge in [0.15, 0.2) is 0 Å². The van der Waals surface area contributed by atoms with Gasteiger partial charge >= 0.3 is 0 Å². The van der Waals surface area contributed by atoms with Crippen molar-refractivity contribution in [3.05, 3.63) is 34.3 Å². The zero-order chi connectivity index (χ0) is 15.4. The van der Waals surface area contributed by atoms with Gasteiger partial charge in [0.05, 0.1) is 0 Å². The van der Waals surface area contributed by atoms with E-state index in [4.69, 9.17) is 0 Å². The van der Waals surface area contributed by atoms with Gasteiger partial charge in [-0.3, -0.25) is 4.79 Å². The van der Waals surface area contributed by atoms with Crippen molar-refractivity contribution in [3.63, 3.8) is 0 Å². The Kier molecular flexibility index (Phi) is 5.53. The Morgan fingerprint density at radius 1 is 0.909 bits per heavy atom. The molecular weight excluding hydrogens is 340 g/mol. The van der Waals surface area contributed by atoms with E-state index >= 15 is 0 Å². The van der Waals surface area contributed by atoms with Gasteiger partial charge in [0, 0.05) is 29.2 Å². The van der Waals surface area contributed by atoms with Crippen molar-refractivity contribution in [2.75, 3.05) is 26.2 Å². The highest BCUT2D eigenvalue weighted by Gasteiger charge is 2.27. The number of piperidine rings is 1. The normalized spacial score (nSPS) is 21.6. The van der Waals surface area contributed by atoms with Crippen LogP contribution in [-0.4, -0.2) is 47.9 Å². The second kappa shape index (κ2) is 7.60. The lowest BCUT2D eigenvalue weighted by molar-refractivity contribution is 0.0623. The third-order valence-corrected chi connectivity index (χ3v) is 5.53. The summed E-state index contributed by atoms with van der Waals surface area (Å²) in [6.07, 6.45) is 7.72. The van der Waals surface area contributed by atoms with E-state index in [1.165, 1.54) is 38.8 Å². The molecule has 0 aromatic heterocycles. The molecular formula is C18H25BrN2O. The van der Waals surface area contributed by atoms with Crippen LogP contribution >= 0.6 is 15.9 Å². The van der Waals surface area contributed by atoms with Crippen LogP contribution in [-0.2, 0) is 0 Å². The first kappa shape index (κ1) is 16.0. The lowest BCUT2D eigenvalue weighted by Gasteiger charge is -2.38. The van der Waals surface area contributed by atoms with Crippen molar-refractivity contribution >= 4 is 21.8 Å². The summed E-state index contributed by atoms with van der Waals surface area (Å²) in [6, 6.07) is 8.39. The molecule has 0 atom stereocenters. The second-order valence-electron chi connectivity index (χ2n) is 6.48. The largest absolute Gasteiger partial charge is 0.339 e. The molecule has 22 heavy (non-hydrogen) atoms. The molecule has 0 N–H and O–H groups in total. The number of hydrogen-bond donors (Lipinski definition) is 0. The van der Waals surface area contributed by atoms with E-state index in [2.05, 4.69) is 20.8 Å². The molecule has 2 saturated heterocycles. The van der Waals surface area contributed by atoms with Crippen LogP contribution in [0.2, 0.25) is 0 Å². The average Bonchev–Trinajstić information content (AvgIpc) is 2.84. The quantitative estimate of drug-likeness (QED) is 0.793. The molecule has 0 unspecified atom stereocenters. The molecule has 2 heterocycles. The van der Waals surface area contributed by atoms with Crippen molar-refractivity contribution in [1.29, 1.82) is 0 Å². The molecule has 0 radical (unpaired) electrons. The molecule has 2 aliphatic rings. The number of halogens is 1. The summed E-state index contributed by atoms with van der Waals surface area (Å²) in [4.78, 5) is 17.2. The lowest BCUT2D eigenvalue weighted by atomic mass is 10.0. The number of hydrogen-bond acceptors (Lipinski definition) is 2. The third-order valence-electron chi connectivity index (χ3n) is 5.00. The molecule has 1 aromatic rings. The number of carbonyl (C=O) groups is 1. The van der Waals surface area contributed by atoms with Crippen LogP contribution in [0.3, 0.4) is 0 Å². The van der Waals surface area contributed by atoms with E-state index in [1.807, 2.05) is 29.2 Å². The minimum Gasteiger partial charge on any atom is -0.339 e. The fraction of sp³-hybridized carbons (Fsp3) is 0.611. The molecule has 120 valence electrons. The summed E-state index contributed by atoms with van der Waals surface area (Å²) in [6.45, 7) is 4.31. The van der Waals surface area contributed by atoms with E-state index in [1.54, 1.807) is 0 Å². The van der Waals surface area contributed by atoms with Crippen molar-refractivity contribution in [1.82, 2.24) is 9.80 Å². The molecule has 4 heteroatoms. The van der Waals surface area contributed by atoms with Gasteiger partial charge in [0.25, 0.3) is 5.91 Å². The Morgan fingerprint density at radius 2 is 1.50 bits per heavy atom. The van der Waals surface area contributed by atoms with Gasteiger partial charge in [-0.1, -0.05) is 28.8 Å². The van der Waals surface area contributed by atoms with E-state index in [0.29, 0.717) is 6.04 Å². The number of amides is 1. The highest BCUT2D eigenvalue weighted by Crippen LogP contribution is 2.22. The molecule has 0 bridgehead atoms. The number of nitrogens with zero attached hydrogens (tertiary/aromatic N) is 2. The van der Waals surface area contributed by atoms with Crippen LogP contribution in [0.4, 0.5) is 0 Å². The average molecular weight is 365 g/mol. The zero-order valence-electron chi connectivity index (χ0n) is 13.1. The number of benzene rings is 1. The summed E-state index contributed by atoms with van der Waals surface area (Å²) in [5, 5.41) is 0. The van der Waals surface area contributed by atoms with Crippen LogP contribution in [0.25, 0.3) is 0 Å². The Morgan fingerprint density at radius 3 is 2.09 bits per heavy atom. The molecule has 0 saturated carbocycles. The third kappa shape index (κ3) is 3.90. The lowest BCUT2D eigenvalue weighted by Crippen LogP contribution is -2.47. The van der Waals surface area contributed by atoms with E-state index in [0.717, 1.165) is 36.0 Å². The molecule has 3 nitrogen and oxygen atoms in total. The van der Waals surface area contributed by atoms with Crippen LogP contribution in [0.15, 0.2) is 28.7 Å². The van der Waals surface area contributed by atoms with Crippen LogP contribution in [0.1, 0.15) is 48.9 Å². The first-order chi connectivity index (χ1) is 10.7. The second-order valence-corrected chi connectivity index (χ2v) is 7.40. The van der Waals surface area contributed by atoms with Gasteiger partial charge in [-0.25, -0.2) is 0 Å². The maximum Gasteiger partial charge on any atom is 0.253 e. The molecule has 0 spiro atoms. The predicted octanol–water partition coefficient (Wildman–Crippen LogP) is 3.93. The first-order valence-electron chi connectivity index (χ1n) is 8.53. The van der Waals surface area contributed by atoms with Crippen molar-refractivity contribution < 1.29 is 4.79 Å². The SMILES string of the molecule is O=C(c1ccc(Br)cc1)N1CCC(N2CCCCCC2)CC1. The van der Waals surface area contributed by atoms with Gasteiger partial charge in [0.1, 0.15) is 0 Å². The standard InChI is InChI=1S/C18H25BrN2O/c19-16-7-5-15(6-8-16)18(22)21-13-9-17(10-14-21)20-11-3-1-2-4-12-20/h5-8,17H,1-4,9-14H2. The topological polar surface area (TPSA) is 23.6 Å². The minimum absolute atomic E-state index is 0.182. The summed E-state index contributed by atoms with van der Waals surface area (Å²) in [5.74, 6) is 0.182. The van der Waals surface area contributed by atoms with Gasteiger partial charge in [-0.05, 0) is 63.0 Å². The van der Waals surface area contributed by atoms with E-state index in [-0.39, 0.29) is 5.91 Å². The van der Waals surface area contributed by atoms with Crippen molar-refractivity contribution in [2.24, 2.45) is 0 Å².